The lowest BCUT2D eigenvalue weighted by Gasteiger charge is -2.63. The summed E-state index contributed by atoms with van der Waals surface area (Å²) in [6.07, 6.45) is 8.51. The average molecular weight is 667 g/mol. The fourth-order valence-corrected chi connectivity index (χ4v) is 12.9. The van der Waals surface area contributed by atoms with Crippen LogP contribution < -0.4 is 0 Å². The van der Waals surface area contributed by atoms with E-state index in [2.05, 4.69) is 34.6 Å². The number of rotatable bonds is 5. The largest absolute Gasteiger partial charge is 0.459 e. The first-order valence-corrected chi connectivity index (χ1v) is 18.5. The summed E-state index contributed by atoms with van der Waals surface area (Å²) in [5.41, 5.74) is -1.62. The van der Waals surface area contributed by atoms with Crippen molar-refractivity contribution in [3.63, 3.8) is 0 Å². The van der Waals surface area contributed by atoms with Crippen molar-refractivity contribution >= 4 is 5.91 Å². The molecule has 0 bridgehead atoms. The van der Waals surface area contributed by atoms with Crippen LogP contribution in [-0.4, -0.2) is 76.0 Å². The highest BCUT2D eigenvalue weighted by Gasteiger charge is 2.85. The fourth-order valence-electron chi connectivity index (χ4n) is 12.9. The number of nitrogens with zero attached hydrogens (tertiary/aromatic N) is 1. The van der Waals surface area contributed by atoms with Crippen LogP contribution in [0.2, 0.25) is 0 Å². The van der Waals surface area contributed by atoms with Crippen LogP contribution in [0, 0.1) is 63.0 Å². The Morgan fingerprint density at radius 3 is 2.62 bits per heavy atom. The van der Waals surface area contributed by atoms with Gasteiger partial charge >= 0.3 is 0 Å². The summed E-state index contributed by atoms with van der Waals surface area (Å²) in [6, 6.07) is 3.44. The molecule has 48 heavy (non-hydrogen) atoms. The minimum absolute atomic E-state index is 0.0290. The third kappa shape index (κ3) is 4.33. The fraction of sp³-hybridized carbons (Fsp3) is 0.795. The van der Waals surface area contributed by atoms with E-state index >= 15 is 0 Å². The first-order valence-electron chi connectivity index (χ1n) is 18.5. The molecule has 2 spiro atoms. The summed E-state index contributed by atoms with van der Waals surface area (Å²) in [7, 11) is 0. The van der Waals surface area contributed by atoms with E-state index in [0.717, 1.165) is 38.5 Å². The first kappa shape index (κ1) is 33.6. The molecule has 2 saturated heterocycles. The van der Waals surface area contributed by atoms with Gasteiger partial charge < -0.3 is 38.8 Å². The highest BCUT2D eigenvalue weighted by molar-refractivity contribution is 5.91. The van der Waals surface area contributed by atoms with Gasteiger partial charge in [-0.3, -0.25) is 4.79 Å². The predicted molar refractivity (Wildman–Crippen MR) is 176 cm³/mol. The van der Waals surface area contributed by atoms with Crippen molar-refractivity contribution in [3.05, 3.63) is 42.3 Å². The van der Waals surface area contributed by atoms with Gasteiger partial charge in [0.05, 0.1) is 37.2 Å². The lowest BCUT2D eigenvalue weighted by molar-refractivity contribution is -0.239. The standard InChI is InChI=1S/C39H56NO8/c1-22-19-24(31(41)35(4,5)44)47-30-29(22)36(6)14-15-39-21-38(39)13-12-27(34(2,3)25(38)10-11-26(39)37(36,7)32(30)42)48-28-20-40(16-18-46-28)33(43)23-9-8-17-45-23/h8-9,17,22,25,27-29,31-32,41-42,44H,10-16,18-21H2,1-7H3/t22-,25+,27+,28+,29+,31+,32+,36-,37-,38-,39+/m1/s1. The Labute approximate surface area is 286 Å². The van der Waals surface area contributed by atoms with Crippen LogP contribution in [0.15, 0.2) is 22.8 Å². The maximum absolute atomic E-state index is 13.0. The number of aliphatic hydroxyl groups is 3. The number of fused-ring (bicyclic) bond motifs is 4. The highest BCUT2D eigenvalue weighted by Crippen LogP contribution is 2.90. The molecule has 1 amide bonds. The Hall–Kier alpha value is -1.49. The van der Waals surface area contributed by atoms with Gasteiger partial charge in [0, 0.05) is 17.9 Å². The Morgan fingerprint density at radius 1 is 1.15 bits per heavy atom. The average Bonchev–Trinajstić information content (AvgIpc) is 3.29. The van der Waals surface area contributed by atoms with Crippen molar-refractivity contribution < 1.29 is 38.7 Å². The van der Waals surface area contributed by atoms with E-state index in [9.17, 15) is 20.1 Å². The van der Waals surface area contributed by atoms with Crippen LogP contribution in [0.25, 0.3) is 0 Å². The summed E-state index contributed by atoms with van der Waals surface area (Å²) in [5, 5.41) is 34.0. The van der Waals surface area contributed by atoms with Crippen LogP contribution in [0.3, 0.4) is 0 Å². The third-order valence-corrected chi connectivity index (χ3v) is 15.3. The van der Waals surface area contributed by atoms with Gasteiger partial charge in [-0.25, -0.2) is 0 Å². The number of amides is 1. The zero-order valence-electron chi connectivity index (χ0n) is 29.9. The Balaban J connectivity index is 1.01. The van der Waals surface area contributed by atoms with Crippen molar-refractivity contribution in [1.29, 1.82) is 0 Å². The van der Waals surface area contributed by atoms with Gasteiger partial charge in [0.2, 0.25) is 0 Å². The molecule has 9 heteroatoms. The van der Waals surface area contributed by atoms with Gasteiger partial charge in [0.15, 0.2) is 12.1 Å². The highest BCUT2D eigenvalue weighted by atomic mass is 16.7. The molecule has 11 atom stereocenters. The molecule has 7 aliphatic rings. The number of carbonyl (C=O) groups is 1. The second-order valence-corrected chi connectivity index (χ2v) is 18.2. The molecule has 8 rings (SSSR count). The maximum atomic E-state index is 13.0. The third-order valence-electron chi connectivity index (χ3n) is 15.3. The topological polar surface area (TPSA) is 122 Å². The monoisotopic (exact) mass is 666 g/mol. The van der Waals surface area contributed by atoms with E-state index in [1.54, 1.807) is 36.8 Å². The van der Waals surface area contributed by atoms with E-state index in [0.29, 0.717) is 50.0 Å². The van der Waals surface area contributed by atoms with E-state index in [4.69, 9.17) is 18.6 Å². The van der Waals surface area contributed by atoms with Crippen molar-refractivity contribution in [1.82, 2.24) is 4.90 Å². The molecular formula is C39H56NO8. The van der Waals surface area contributed by atoms with E-state index in [1.165, 1.54) is 12.7 Å². The van der Waals surface area contributed by atoms with Crippen molar-refractivity contribution in [2.24, 2.45) is 44.8 Å². The minimum atomic E-state index is -1.32. The van der Waals surface area contributed by atoms with Crippen molar-refractivity contribution in [2.75, 3.05) is 19.7 Å². The van der Waals surface area contributed by atoms with Crippen LogP contribution >= 0.6 is 0 Å². The Morgan fingerprint density at radius 2 is 1.92 bits per heavy atom. The number of hydrogen-bond donors (Lipinski definition) is 3. The molecule has 3 heterocycles. The minimum Gasteiger partial charge on any atom is -0.459 e. The molecule has 1 aromatic rings. The van der Waals surface area contributed by atoms with Crippen molar-refractivity contribution in [2.45, 2.75) is 130 Å². The lowest BCUT2D eigenvalue weighted by Crippen LogP contribution is -2.59. The maximum Gasteiger partial charge on any atom is 0.289 e. The molecule has 1 aromatic heterocycles. The van der Waals surface area contributed by atoms with Crippen LogP contribution in [-0.2, 0) is 14.2 Å². The summed E-state index contributed by atoms with van der Waals surface area (Å²) in [5.74, 6) is 2.57. The van der Waals surface area contributed by atoms with E-state index in [1.807, 2.05) is 0 Å². The molecule has 2 aliphatic heterocycles. The van der Waals surface area contributed by atoms with Crippen LogP contribution in [0.5, 0.6) is 0 Å². The second-order valence-electron chi connectivity index (χ2n) is 18.2. The summed E-state index contributed by atoms with van der Waals surface area (Å²) < 4.78 is 24.7. The van der Waals surface area contributed by atoms with Gasteiger partial charge in [-0.1, -0.05) is 34.6 Å². The summed E-state index contributed by atoms with van der Waals surface area (Å²) in [6.45, 7) is 16.3. The SMILES string of the molecule is C[C@@H]1C[C]([C@H](O)C(C)(C)O)O[C]2[C@H]1[C@@]1(C)CC[C@@]34C[C@@]35CC[C@H](O[C@H]3CN(C(=O)c6ccco6)CCO3)C(C)(C)[C@@H]5CC[C]4[C@]1(C)[C@H]2O. The molecule has 265 valence electrons. The second kappa shape index (κ2) is 10.8. The Bertz CT molecular complexity index is 1410. The van der Waals surface area contributed by atoms with E-state index in [-0.39, 0.29) is 45.5 Å². The molecule has 0 unspecified atom stereocenters. The van der Waals surface area contributed by atoms with Gasteiger partial charge in [0.25, 0.3) is 5.91 Å². The summed E-state index contributed by atoms with van der Waals surface area (Å²) in [4.78, 5) is 14.8. The molecular weight excluding hydrogens is 610 g/mol. The molecule has 7 fully saturated rings. The van der Waals surface area contributed by atoms with Gasteiger partial charge in [-0.2, -0.15) is 0 Å². The molecule has 3 radical (unpaired) electrons. The Kier molecular flexibility index (Phi) is 7.55. The van der Waals surface area contributed by atoms with Crippen LogP contribution in [0.4, 0.5) is 0 Å². The quantitative estimate of drug-likeness (QED) is 0.367. The number of furan rings is 1. The molecule has 9 nitrogen and oxygen atoms in total. The lowest BCUT2D eigenvalue weighted by atomic mass is 9.41. The predicted octanol–water partition coefficient (Wildman–Crippen LogP) is 5.69. The number of hydrogen-bond acceptors (Lipinski definition) is 8. The van der Waals surface area contributed by atoms with Crippen molar-refractivity contribution in [3.8, 4) is 0 Å². The van der Waals surface area contributed by atoms with Gasteiger partial charge in [-0.15, -0.1) is 0 Å². The number of morpholine rings is 1. The molecule has 5 saturated carbocycles. The molecule has 0 aromatic carbocycles. The summed E-state index contributed by atoms with van der Waals surface area (Å²) >= 11 is 0. The number of ether oxygens (including phenoxy) is 3. The van der Waals surface area contributed by atoms with Crippen LogP contribution in [0.1, 0.15) is 110 Å². The zero-order chi connectivity index (χ0) is 34.2. The smallest absolute Gasteiger partial charge is 0.289 e. The normalized spacial score (nSPS) is 46.6. The van der Waals surface area contributed by atoms with E-state index < -0.39 is 29.5 Å². The first-order chi connectivity index (χ1) is 22.5. The zero-order valence-corrected chi connectivity index (χ0v) is 29.9. The number of carbonyl (C=O) groups excluding carboxylic acids is 1. The number of aliphatic hydroxyl groups excluding tert-OH is 2. The van der Waals surface area contributed by atoms with Gasteiger partial charge in [0.1, 0.15) is 18.3 Å². The molecule has 5 aliphatic carbocycles. The van der Waals surface area contributed by atoms with Gasteiger partial charge in [-0.05, 0) is 117 Å². The molecule has 3 N–H and O–H groups in total.